The lowest BCUT2D eigenvalue weighted by molar-refractivity contribution is 0.0981. The Hall–Kier alpha value is -2.06. The van der Waals surface area contributed by atoms with Gasteiger partial charge in [0.05, 0.1) is 11.6 Å². The maximum Gasteiger partial charge on any atom is 0.119 e. The number of nitrogens with zero attached hydrogens (tertiary/aromatic N) is 1. The fraction of sp³-hybridized carbons (Fsp3) is 0.350. The van der Waals surface area contributed by atoms with Gasteiger partial charge in [0.15, 0.2) is 0 Å². The van der Waals surface area contributed by atoms with Crippen molar-refractivity contribution < 1.29 is 9.84 Å². The molecular weight excluding hydrogens is 336 g/mol. The molecule has 130 valence electrons. The second-order valence-corrected chi connectivity index (χ2v) is 6.87. The number of aliphatic hydroxyl groups excluding tert-OH is 1. The van der Waals surface area contributed by atoms with Gasteiger partial charge < -0.3 is 15.2 Å². The highest BCUT2D eigenvalue weighted by Gasteiger charge is 2.30. The second-order valence-electron chi connectivity index (χ2n) is 6.43. The van der Waals surface area contributed by atoms with Crippen LogP contribution in [0.1, 0.15) is 29.9 Å². The van der Waals surface area contributed by atoms with Crippen molar-refractivity contribution >= 4 is 11.6 Å². The predicted octanol–water partition coefficient (Wildman–Crippen LogP) is 3.49. The van der Waals surface area contributed by atoms with Crippen LogP contribution >= 0.6 is 11.6 Å². The van der Waals surface area contributed by atoms with Crippen LogP contribution in [0, 0.1) is 11.3 Å². The summed E-state index contributed by atoms with van der Waals surface area (Å²) >= 11 is 6.03. The van der Waals surface area contributed by atoms with Crippen LogP contribution in [-0.4, -0.2) is 30.4 Å². The van der Waals surface area contributed by atoms with Gasteiger partial charge in [0.1, 0.15) is 18.5 Å². The van der Waals surface area contributed by atoms with E-state index in [1.165, 1.54) is 5.56 Å². The molecule has 0 aromatic heterocycles. The van der Waals surface area contributed by atoms with Crippen LogP contribution in [-0.2, 0) is 0 Å². The third kappa shape index (κ3) is 4.96. The molecule has 1 fully saturated rings. The minimum atomic E-state index is -0.569. The zero-order chi connectivity index (χ0) is 17.6. The molecule has 25 heavy (non-hydrogen) atoms. The van der Waals surface area contributed by atoms with Crippen molar-refractivity contribution in [3.8, 4) is 11.8 Å². The van der Waals surface area contributed by atoms with Crippen molar-refractivity contribution in [3.05, 3.63) is 64.7 Å². The van der Waals surface area contributed by atoms with Crippen LogP contribution in [0.15, 0.2) is 48.5 Å². The summed E-state index contributed by atoms with van der Waals surface area (Å²) in [5.74, 6) is 1.20. The molecule has 0 spiro atoms. The first-order valence-corrected chi connectivity index (χ1v) is 8.81. The van der Waals surface area contributed by atoms with Crippen molar-refractivity contribution in [1.82, 2.24) is 5.32 Å². The number of halogens is 1. The molecule has 1 aliphatic rings. The lowest BCUT2D eigenvalue weighted by atomic mass is 9.76. The summed E-state index contributed by atoms with van der Waals surface area (Å²) in [7, 11) is 0. The fourth-order valence-electron chi connectivity index (χ4n) is 3.00. The van der Waals surface area contributed by atoms with Crippen LogP contribution in [0.4, 0.5) is 0 Å². The van der Waals surface area contributed by atoms with E-state index in [2.05, 4.69) is 17.5 Å². The standard InChI is InChI=1S/C20H21ClN2O2/c21-17-3-1-2-15(8-17)16-9-18(10-16)23-12-19(24)13-25-20-6-4-14(11-22)5-7-20/h1-8,16,18-19,23-24H,9-10,12-13H2. The molecule has 2 N–H and O–H groups in total. The Morgan fingerprint density at radius 2 is 2.00 bits per heavy atom. The number of hydrogen-bond donors (Lipinski definition) is 2. The van der Waals surface area contributed by atoms with Crippen molar-refractivity contribution in [1.29, 1.82) is 5.26 Å². The van der Waals surface area contributed by atoms with Crippen molar-refractivity contribution in [2.75, 3.05) is 13.2 Å². The first kappa shape index (κ1) is 17.8. The maximum atomic E-state index is 10.0. The highest BCUT2D eigenvalue weighted by molar-refractivity contribution is 6.30. The van der Waals surface area contributed by atoms with Gasteiger partial charge >= 0.3 is 0 Å². The molecule has 1 atom stereocenters. The quantitative estimate of drug-likeness (QED) is 0.797. The van der Waals surface area contributed by atoms with Gasteiger partial charge in [-0.2, -0.15) is 5.26 Å². The SMILES string of the molecule is N#Cc1ccc(OCC(O)CNC2CC(c3cccc(Cl)c3)C2)cc1. The van der Waals surface area contributed by atoms with E-state index in [4.69, 9.17) is 21.6 Å². The van der Waals surface area contributed by atoms with Gasteiger partial charge in [-0.05, 0) is 60.7 Å². The van der Waals surface area contributed by atoms with Crippen molar-refractivity contribution in [2.24, 2.45) is 0 Å². The average molecular weight is 357 g/mol. The number of benzene rings is 2. The normalized spacial score (nSPS) is 20.4. The lowest BCUT2D eigenvalue weighted by Crippen LogP contribution is -2.44. The lowest BCUT2D eigenvalue weighted by Gasteiger charge is -2.37. The van der Waals surface area contributed by atoms with E-state index in [1.807, 2.05) is 18.2 Å². The molecule has 3 rings (SSSR count). The summed E-state index contributed by atoms with van der Waals surface area (Å²) in [4.78, 5) is 0. The zero-order valence-corrected chi connectivity index (χ0v) is 14.6. The van der Waals surface area contributed by atoms with E-state index in [9.17, 15) is 5.11 Å². The van der Waals surface area contributed by atoms with Crippen LogP contribution in [0.25, 0.3) is 0 Å². The molecule has 0 bridgehead atoms. The number of aliphatic hydroxyl groups is 1. The average Bonchev–Trinajstić information content (AvgIpc) is 2.59. The van der Waals surface area contributed by atoms with Gasteiger partial charge in [0.25, 0.3) is 0 Å². The molecule has 0 amide bonds. The minimum absolute atomic E-state index is 0.226. The number of hydrogen-bond acceptors (Lipinski definition) is 4. The van der Waals surface area contributed by atoms with Gasteiger partial charge in [-0.3, -0.25) is 0 Å². The summed E-state index contributed by atoms with van der Waals surface area (Å²) in [6.07, 6.45) is 1.55. The van der Waals surface area contributed by atoms with E-state index in [0.717, 1.165) is 17.9 Å². The Kier molecular flexibility index (Phi) is 5.93. The van der Waals surface area contributed by atoms with Gasteiger partial charge in [-0.25, -0.2) is 0 Å². The van der Waals surface area contributed by atoms with Crippen LogP contribution in [0.5, 0.6) is 5.75 Å². The predicted molar refractivity (Wildman–Crippen MR) is 97.9 cm³/mol. The number of nitrogens with one attached hydrogen (secondary N) is 1. The molecule has 1 saturated carbocycles. The van der Waals surface area contributed by atoms with Gasteiger partial charge in [0, 0.05) is 17.6 Å². The third-order valence-electron chi connectivity index (χ3n) is 4.53. The third-order valence-corrected chi connectivity index (χ3v) is 4.76. The van der Waals surface area contributed by atoms with E-state index < -0.39 is 6.10 Å². The zero-order valence-electron chi connectivity index (χ0n) is 13.9. The van der Waals surface area contributed by atoms with Crippen LogP contribution in [0.3, 0.4) is 0 Å². The smallest absolute Gasteiger partial charge is 0.119 e. The first-order valence-electron chi connectivity index (χ1n) is 8.44. The van der Waals surface area contributed by atoms with Crippen LogP contribution in [0.2, 0.25) is 5.02 Å². The summed E-state index contributed by atoms with van der Waals surface area (Å²) in [6.45, 7) is 0.729. The highest BCUT2D eigenvalue weighted by Crippen LogP contribution is 2.37. The van der Waals surface area contributed by atoms with Gasteiger partial charge in [-0.1, -0.05) is 23.7 Å². The molecule has 4 nitrogen and oxygen atoms in total. The largest absolute Gasteiger partial charge is 0.491 e. The molecular formula is C20H21ClN2O2. The Balaban J connectivity index is 1.34. The van der Waals surface area contributed by atoms with Crippen LogP contribution < -0.4 is 10.1 Å². The van der Waals surface area contributed by atoms with E-state index >= 15 is 0 Å². The van der Waals surface area contributed by atoms with E-state index in [0.29, 0.717) is 29.8 Å². The Bertz CT molecular complexity index is 736. The monoisotopic (exact) mass is 356 g/mol. The molecule has 1 aliphatic carbocycles. The summed E-state index contributed by atoms with van der Waals surface area (Å²) in [6, 6.07) is 17.4. The molecule has 5 heteroatoms. The molecule has 0 aliphatic heterocycles. The number of nitriles is 1. The van der Waals surface area contributed by atoms with Crippen molar-refractivity contribution in [2.45, 2.75) is 30.9 Å². The molecule has 0 saturated heterocycles. The van der Waals surface area contributed by atoms with E-state index in [1.54, 1.807) is 24.3 Å². The topological polar surface area (TPSA) is 65.3 Å². The molecule has 0 heterocycles. The summed E-state index contributed by atoms with van der Waals surface area (Å²) in [5.41, 5.74) is 1.88. The van der Waals surface area contributed by atoms with Gasteiger partial charge in [0.2, 0.25) is 0 Å². The maximum absolute atomic E-state index is 10.0. The highest BCUT2D eigenvalue weighted by atomic mass is 35.5. The van der Waals surface area contributed by atoms with Gasteiger partial charge in [-0.15, -0.1) is 0 Å². The summed E-state index contributed by atoms with van der Waals surface area (Å²) in [5, 5.41) is 23.0. The van der Waals surface area contributed by atoms with E-state index in [-0.39, 0.29) is 6.61 Å². The first-order chi connectivity index (χ1) is 12.1. The van der Waals surface area contributed by atoms with Crippen molar-refractivity contribution in [3.63, 3.8) is 0 Å². The minimum Gasteiger partial charge on any atom is -0.491 e. The second kappa shape index (κ2) is 8.35. The number of ether oxygens (including phenoxy) is 1. The Morgan fingerprint density at radius 1 is 1.24 bits per heavy atom. The Labute approximate surface area is 153 Å². The Morgan fingerprint density at radius 3 is 2.68 bits per heavy atom. The molecule has 2 aromatic rings. The molecule has 2 aromatic carbocycles. The summed E-state index contributed by atoms with van der Waals surface area (Å²) < 4.78 is 5.54. The number of rotatable bonds is 7. The fourth-order valence-corrected chi connectivity index (χ4v) is 3.20. The molecule has 1 unspecified atom stereocenters. The molecule has 0 radical (unpaired) electrons.